The molecule has 1 aliphatic rings. The van der Waals surface area contributed by atoms with E-state index in [1.165, 1.54) is 4.90 Å². The molecule has 3 N–H and O–H groups in total. The molecule has 2 heterocycles. The third-order valence-corrected chi connectivity index (χ3v) is 3.61. The van der Waals surface area contributed by atoms with E-state index < -0.39 is 11.6 Å². The van der Waals surface area contributed by atoms with E-state index in [9.17, 15) is 9.90 Å². The Labute approximate surface area is 112 Å². The number of ether oxygens (including phenoxy) is 1. The van der Waals surface area contributed by atoms with E-state index in [1.54, 1.807) is 18.5 Å². The average Bonchev–Trinajstić information content (AvgIpc) is 2.79. The van der Waals surface area contributed by atoms with Crippen LogP contribution in [0.2, 0.25) is 0 Å². The lowest BCUT2D eigenvalue weighted by atomic mass is 10.0. The van der Waals surface area contributed by atoms with Gasteiger partial charge in [0, 0.05) is 24.8 Å². The number of likely N-dealkylation sites (tertiary alicyclic amines) is 1. The number of pyridine rings is 1. The fourth-order valence-electron chi connectivity index (χ4n) is 2.44. The summed E-state index contributed by atoms with van der Waals surface area (Å²) in [5.41, 5.74) is 6.03. The van der Waals surface area contributed by atoms with Crippen LogP contribution in [0.15, 0.2) is 18.5 Å². The highest BCUT2D eigenvalue weighted by Crippen LogP contribution is 2.30. The molecule has 1 aromatic rings. The van der Waals surface area contributed by atoms with Gasteiger partial charge in [-0.15, -0.1) is 0 Å². The number of hydrogen-bond donors (Lipinski definition) is 2. The first-order valence-electron chi connectivity index (χ1n) is 6.33. The molecule has 6 heteroatoms. The zero-order valence-corrected chi connectivity index (χ0v) is 11.0. The lowest BCUT2D eigenvalue weighted by molar-refractivity contribution is 0.0784. The second-order valence-electron chi connectivity index (χ2n) is 5.01. The molecule has 0 bridgehead atoms. The van der Waals surface area contributed by atoms with E-state index in [0.29, 0.717) is 25.4 Å². The molecular weight excluding hydrogens is 246 g/mol. The van der Waals surface area contributed by atoms with Crippen LogP contribution < -0.4 is 10.5 Å². The number of amides is 1. The van der Waals surface area contributed by atoms with Crippen LogP contribution in [0.3, 0.4) is 0 Å². The van der Waals surface area contributed by atoms with Crippen LogP contribution >= 0.6 is 0 Å². The average molecular weight is 265 g/mol. The van der Waals surface area contributed by atoms with Gasteiger partial charge < -0.3 is 15.6 Å². The van der Waals surface area contributed by atoms with Crippen molar-refractivity contribution in [3.05, 3.63) is 24.0 Å². The molecule has 1 saturated heterocycles. The van der Waals surface area contributed by atoms with Crippen molar-refractivity contribution in [2.45, 2.75) is 31.8 Å². The predicted octanol–water partition coefficient (Wildman–Crippen LogP) is 1.45. The zero-order valence-electron chi connectivity index (χ0n) is 11.0. The molecule has 0 aliphatic carbocycles. The fourth-order valence-corrected chi connectivity index (χ4v) is 2.44. The Hall–Kier alpha value is -1.82. The highest BCUT2D eigenvalue weighted by molar-refractivity contribution is 5.66. The van der Waals surface area contributed by atoms with Gasteiger partial charge in [0.2, 0.25) is 0 Å². The maximum Gasteiger partial charge on any atom is 0.407 e. The minimum absolute atomic E-state index is 0.317. The van der Waals surface area contributed by atoms with Crippen LogP contribution in [0.25, 0.3) is 0 Å². The number of carboxylic acid groups (broad SMARTS) is 1. The zero-order chi connectivity index (χ0) is 13.9. The summed E-state index contributed by atoms with van der Waals surface area (Å²) in [7, 11) is 0. The van der Waals surface area contributed by atoms with Crippen LogP contribution in [0.4, 0.5) is 4.79 Å². The highest BCUT2D eigenvalue weighted by Gasteiger charge is 2.40. The third kappa shape index (κ3) is 2.78. The molecular formula is C13H19N3O3. The first kappa shape index (κ1) is 13.6. The van der Waals surface area contributed by atoms with Gasteiger partial charge in [-0.1, -0.05) is 0 Å². The molecule has 1 amide bonds. The van der Waals surface area contributed by atoms with Crippen molar-refractivity contribution in [1.82, 2.24) is 9.88 Å². The Morgan fingerprint density at radius 3 is 3.16 bits per heavy atom. The number of carbonyl (C=O) groups is 1. The smallest absolute Gasteiger partial charge is 0.407 e. The summed E-state index contributed by atoms with van der Waals surface area (Å²) in [6, 6.07) is 1.81. The van der Waals surface area contributed by atoms with Crippen molar-refractivity contribution in [2.24, 2.45) is 5.73 Å². The summed E-state index contributed by atoms with van der Waals surface area (Å²) in [6.07, 6.45) is 4.05. The minimum atomic E-state index is -0.895. The van der Waals surface area contributed by atoms with Crippen LogP contribution in [0.1, 0.15) is 25.3 Å². The third-order valence-electron chi connectivity index (χ3n) is 3.61. The molecule has 19 heavy (non-hydrogen) atoms. The number of nitrogens with zero attached hydrogens (tertiary/aromatic N) is 2. The van der Waals surface area contributed by atoms with E-state index in [4.69, 9.17) is 10.5 Å². The Morgan fingerprint density at radius 1 is 1.68 bits per heavy atom. The van der Waals surface area contributed by atoms with Crippen LogP contribution in [0, 0.1) is 0 Å². The molecule has 0 radical (unpaired) electrons. The highest BCUT2D eigenvalue weighted by atomic mass is 16.5. The molecule has 0 saturated carbocycles. The normalized spacial score (nSPS) is 22.5. The number of aromatic nitrogens is 1. The SMILES string of the molecule is C[C@@]1(COc2cnccc2CN)CCCN1C(=O)O. The lowest BCUT2D eigenvalue weighted by Gasteiger charge is -2.33. The Kier molecular flexibility index (Phi) is 3.90. The minimum Gasteiger partial charge on any atom is -0.489 e. The van der Waals surface area contributed by atoms with Gasteiger partial charge in [-0.2, -0.15) is 0 Å². The Bertz CT molecular complexity index is 466. The molecule has 104 valence electrons. The van der Waals surface area contributed by atoms with Crippen molar-refractivity contribution in [3.63, 3.8) is 0 Å². The maximum atomic E-state index is 11.2. The van der Waals surface area contributed by atoms with Gasteiger partial charge in [0.1, 0.15) is 12.4 Å². The molecule has 0 spiro atoms. The molecule has 0 aromatic carbocycles. The van der Waals surface area contributed by atoms with E-state index in [1.807, 2.05) is 6.92 Å². The molecule has 6 nitrogen and oxygen atoms in total. The van der Waals surface area contributed by atoms with Crippen molar-refractivity contribution in [3.8, 4) is 5.75 Å². The summed E-state index contributed by atoms with van der Waals surface area (Å²) in [5.74, 6) is 0.628. The van der Waals surface area contributed by atoms with E-state index in [-0.39, 0.29) is 0 Å². The summed E-state index contributed by atoms with van der Waals surface area (Å²) >= 11 is 0. The van der Waals surface area contributed by atoms with Crippen molar-refractivity contribution in [1.29, 1.82) is 0 Å². The standard InChI is InChI=1S/C13H19N3O3/c1-13(4-2-6-16(13)12(17)18)9-19-11-8-15-5-3-10(11)7-14/h3,5,8H,2,4,6-7,9,14H2,1H3,(H,17,18)/t13-/m0/s1. The monoisotopic (exact) mass is 265 g/mol. The summed E-state index contributed by atoms with van der Waals surface area (Å²) < 4.78 is 5.75. The van der Waals surface area contributed by atoms with Gasteiger partial charge in [0.25, 0.3) is 0 Å². The molecule has 0 unspecified atom stereocenters. The topological polar surface area (TPSA) is 88.7 Å². The van der Waals surface area contributed by atoms with E-state index in [0.717, 1.165) is 18.4 Å². The Morgan fingerprint density at radius 2 is 2.47 bits per heavy atom. The fraction of sp³-hybridized carbons (Fsp3) is 0.538. The second kappa shape index (κ2) is 5.44. The van der Waals surface area contributed by atoms with E-state index in [2.05, 4.69) is 4.98 Å². The van der Waals surface area contributed by atoms with Crippen molar-refractivity contribution in [2.75, 3.05) is 13.2 Å². The lowest BCUT2D eigenvalue weighted by Crippen LogP contribution is -2.48. The quantitative estimate of drug-likeness (QED) is 0.860. The molecule has 1 aromatic heterocycles. The number of nitrogens with two attached hydrogens (primary N) is 1. The van der Waals surface area contributed by atoms with Gasteiger partial charge in [0.15, 0.2) is 0 Å². The van der Waals surface area contributed by atoms with Crippen molar-refractivity contribution >= 4 is 6.09 Å². The summed E-state index contributed by atoms with van der Waals surface area (Å²) in [6.45, 7) is 3.16. The molecule has 2 rings (SSSR count). The molecule has 1 atom stereocenters. The Balaban J connectivity index is 2.07. The first-order chi connectivity index (χ1) is 9.07. The van der Waals surface area contributed by atoms with Crippen LogP contribution in [-0.2, 0) is 6.54 Å². The summed E-state index contributed by atoms with van der Waals surface area (Å²) in [5, 5.41) is 9.18. The summed E-state index contributed by atoms with van der Waals surface area (Å²) in [4.78, 5) is 16.6. The van der Waals surface area contributed by atoms with Gasteiger partial charge in [-0.05, 0) is 25.8 Å². The molecule has 1 aliphatic heterocycles. The first-order valence-corrected chi connectivity index (χ1v) is 6.33. The predicted molar refractivity (Wildman–Crippen MR) is 70.0 cm³/mol. The number of hydrogen-bond acceptors (Lipinski definition) is 4. The second-order valence-corrected chi connectivity index (χ2v) is 5.01. The van der Waals surface area contributed by atoms with Crippen molar-refractivity contribution < 1.29 is 14.6 Å². The van der Waals surface area contributed by atoms with Gasteiger partial charge in [0.05, 0.1) is 11.7 Å². The van der Waals surface area contributed by atoms with Crippen LogP contribution in [-0.4, -0.2) is 39.8 Å². The maximum absolute atomic E-state index is 11.2. The largest absolute Gasteiger partial charge is 0.489 e. The van der Waals surface area contributed by atoms with Gasteiger partial charge in [-0.3, -0.25) is 9.88 Å². The van der Waals surface area contributed by atoms with E-state index >= 15 is 0 Å². The number of rotatable bonds is 4. The molecule has 1 fully saturated rings. The van der Waals surface area contributed by atoms with Gasteiger partial charge >= 0.3 is 6.09 Å². The van der Waals surface area contributed by atoms with Crippen LogP contribution in [0.5, 0.6) is 5.75 Å². The van der Waals surface area contributed by atoms with Gasteiger partial charge in [-0.25, -0.2) is 4.79 Å².